The molecule has 0 atom stereocenters. The SMILES string of the molecule is [2H]C1([2H])CN(c2ccc(Nc3ncc4c(C([2H])([2H])[2H])c(C(C)=O)c(=O)n(C5([2H])C([2H])([2H])CCC5([2H])[2H])c4n3)nc2)C([2H])([2H])CN1. The van der Waals surface area contributed by atoms with Gasteiger partial charge in [0.05, 0.1) is 21.6 Å². The summed E-state index contributed by atoms with van der Waals surface area (Å²) in [7, 11) is 0. The average molecular weight is 460 g/mol. The Kier molecular flexibility index (Phi) is 3.15. The molecular weight excluding hydrogens is 418 g/mol. The quantitative estimate of drug-likeness (QED) is 0.561. The molecule has 2 fully saturated rings. The maximum absolute atomic E-state index is 13.9. The third-order valence-corrected chi connectivity index (χ3v) is 5.22. The number of nitrogens with zero attached hydrogens (tertiary/aromatic N) is 5. The van der Waals surface area contributed by atoms with Crippen LogP contribution in [-0.2, 0) is 0 Å². The first-order chi connectivity index (χ1) is 20.5. The van der Waals surface area contributed by atoms with Crippen LogP contribution in [0.2, 0.25) is 0 Å². The molecule has 1 aliphatic carbocycles. The number of nitrogens with one attached hydrogen (secondary N) is 2. The third-order valence-electron chi connectivity index (χ3n) is 5.22. The molecule has 0 aromatic carbocycles. The molecule has 5 rings (SSSR count). The number of aryl methyl sites for hydroxylation is 1. The Morgan fingerprint density at radius 1 is 1.30 bits per heavy atom. The van der Waals surface area contributed by atoms with E-state index in [9.17, 15) is 9.59 Å². The number of hydrogen-bond acceptors (Lipinski definition) is 8. The molecule has 9 nitrogen and oxygen atoms in total. The van der Waals surface area contributed by atoms with Gasteiger partial charge in [-0.2, -0.15) is 4.98 Å². The summed E-state index contributed by atoms with van der Waals surface area (Å²) in [5.41, 5.74) is -3.22. The van der Waals surface area contributed by atoms with Crippen LogP contribution in [0.25, 0.3) is 11.0 Å². The molecule has 1 saturated heterocycles. The maximum atomic E-state index is 13.9. The van der Waals surface area contributed by atoms with Crippen LogP contribution < -0.4 is 21.1 Å². The highest BCUT2D eigenvalue weighted by Gasteiger charge is 2.25. The highest BCUT2D eigenvalue weighted by atomic mass is 16.1. The van der Waals surface area contributed by atoms with Gasteiger partial charge in [0.25, 0.3) is 5.56 Å². The van der Waals surface area contributed by atoms with E-state index < -0.39 is 79.6 Å². The highest BCUT2D eigenvalue weighted by molar-refractivity contribution is 5.99. The van der Waals surface area contributed by atoms with Gasteiger partial charge in [-0.1, -0.05) is 12.8 Å². The molecule has 2 N–H and O–H groups in total. The number of piperazine rings is 1. The normalized spacial score (nSPS) is 29.8. The van der Waals surface area contributed by atoms with Crippen molar-refractivity contribution in [2.45, 2.75) is 45.4 Å². The molecule has 0 unspecified atom stereocenters. The minimum absolute atomic E-state index is 0.0919. The summed E-state index contributed by atoms with van der Waals surface area (Å²) in [6.45, 7) is -6.45. The lowest BCUT2D eigenvalue weighted by Crippen LogP contribution is -2.43. The number of carbonyl (C=O) groups is 1. The number of fused-ring (bicyclic) bond motifs is 1. The molecule has 0 radical (unpaired) electrons. The Morgan fingerprint density at radius 3 is 2.88 bits per heavy atom. The van der Waals surface area contributed by atoms with Crippen molar-refractivity contribution in [1.29, 1.82) is 0 Å². The minimum Gasteiger partial charge on any atom is -0.368 e. The summed E-state index contributed by atoms with van der Waals surface area (Å²) in [4.78, 5) is 40.3. The van der Waals surface area contributed by atoms with Crippen molar-refractivity contribution in [3.8, 4) is 0 Å². The van der Waals surface area contributed by atoms with E-state index >= 15 is 0 Å². The van der Waals surface area contributed by atoms with Crippen LogP contribution in [0.5, 0.6) is 0 Å². The zero-order chi connectivity index (χ0) is 33.5. The standard InChI is InChI=1S/C24H29N7O2/c1-15-19-14-27-24(28-20-8-7-18(13-26-20)30-11-9-25-10-12-30)29-22(19)31(17-5-3-4-6-17)23(33)21(15)16(2)32/h7-8,13-14,17,25H,3-6,9-12H2,1-2H3,(H,26,27,28,29)/i1D3,5D2,6D2,9D2,12D2,17D. The van der Waals surface area contributed by atoms with Crippen molar-refractivity contribution in [2.24, 2.45) is 0 Å². The Balaban J connectivity index is 1.67. The topological polar surface area (TPSA) is 105 Å². The summed E-state index contributed by atoms with van der Waals surface area (Å²) < 4.78 is 100. The fraction of sp³-hybridized carbons (Fsp3) is 0.458. The van der Waals surface area contributed by atoms with Crippen LogP contribution >= 0.6 is 0 Å². The summed E-state index contributed by atoms with van der Waals surface area (Å²) >= 11 is 0. The number of anilines is 3. The second-order valence-electron chi connectivity index (χ2n) is 7.38. The van der Waals surface area contributed by atoms with Gasteiger partial charge in [0.15, 0.2) is 5.78 Å². The fourth-order valence-corrected chi connectivity index (χ4v) is 3.65. The second-order valence-corrected chi connectivity index (χ2v) is 7.38. The Bertz CT molecular complexity index is 1730. The summed E-state index contributed by atoms with van der Waals surface area (Å²) in [5.74, 6) is -1.17. The number of rotatable bonds is 5. The van der Waals surface area contributed by atoms with Gasteiger partial charge < -0.3 is 15.5 Å². The van der Waals surface area contributed by atoms with Crippen LogP contribution in [0.1, 0.15) is 70.9 Å². The summed E-state index contributed by atoms with van der Waals surface area (Å²) in [6, 6.07) is -0.0695. The van der Waals surface area contributed by atoms with Crippen LogP contribution in [0.15, 0.2) is 29.3 Å². The van der Waals surface area contributed by atoms with E-state index in [4.69, 9.17) is 16.4 Å². The van der Waals surface area contributed by atoms with Gasteiger partial charge in [-0.15, -0.1) is 0 Å². The van der Waals surface area contributed by atoms with Crippen LogP contribution in [0, 0.1) is 6.85 Å². The molecule has 172 valence electrons. The lowest BCUT2D eigenvalue weighted by molar-refractivity contribution is 0.101. The molecule has 33 heavy (non-hydrogen) atoms. The number of carbonyl (C=O) groups excluding carboxylic acids is 1. The van der Waals surface area contributed by atoms with Gasteiger partial charge in [0.2, 0.25) is 5.95 Å². The summed E-state index contributed by atoms with van der Waals surface area (Å²) in [6.07, 6.45) is -3.87. The van der Waals surface area contributed by atoms with Gasteiger partial charge >= 0.3 is 0 Å². The number of ketones is 1. The lowest BCUT2D eigenvalue weighted by Gasteiger charge is -2.29. The molecule has 3 aromatic heterocycles. The first kappa shape index (κ1) is 11.7. The van der Waals surface area contributed by atoms with Crippen molar-refractivity contribution < 1.29 is 21.2 Å². The molecule has 3 aromatic rings. The molecule has 0 amide bonds. The van der Waals surface area contributed by atoms with Crippen molar-refractivity contribution in [2.75, 3.05) is 36.3 Å². The van der Waals surface area contributed by atoms with Crippen LogP contribution in [0.4, 0.5) is 17.5 Å². The Labute approximate surface area is 209 Å². The Morgan fingerprint density at radius 2 is 2.15 bits per heavy atom. The first-order valence-electron chi connectivity index (χ1n) is 16.3. The summed E-state index contributed by atoms with van der Waals surface area (Å²) in [5, 5.41) is 4.88. The molecule has 9 heteroatoms. The van der Waals surface area contributed by atoms with E-state index in [1.54, 1.807) is 0 Å². The minimum atomic E-state index is -3.04. The van der Waals surface area contributed by atoms with Crippen molar-refractivity contribution in [3.63, 3.8) is 0 Å². The van der Waals surface area contributed by atoms with Gasteiger partial charge in [0.1, 0.15) is 11.5 Å². The average Bonchev–Trinajstić information content (AvgIpc) is 3.08. The highest BCUT2D eigenvalue weighted by Crippen LogP contribution is 2.32. The van der Waals surface area contributed by atoms with Crippen LogP contribution in [0.3, 0.4) is 0 Å². The van der Waals surface area contributed by atoms with Crippen LogP contribution in [-0.4, -0.2) is 51.4 Å². The zero-order valence-electron chi connectivity index (χ0n) is 29.7. The molecule has 1 aliphatic heterocycles. The molecule has 0 bridgehead atoms. The molecule has 4 heterocycles. The molecular formula is C24H29N7O2. The smallest absolute Gasteiger partial charge is 0.263 e. The third kappa shape index (κ3) is 4.08. The van der Waals surface area contributed by atoms with Crippen molar-refractivity contribution in [3.05, 3.63) is 46.0 Å². The second kappa shape index (κ2) is 8.90. The van der Waals surface area contributed by atoms with E-state index in [0.29, 0.717) is 4.57 Å². The number of Topliss-reactive ketones (excluding diaryl/α,β-unsaturated/α-hetero) is 1. The largest absolute Gasteiger partial charge is 0.368 e. The zero-order valence-corrected chi connectivity index (χ0v) is 17.7. The van der Waals surface area contributed by atoms with Gasteiger partial charge in [-0.3, -0.25) is 14.2 Å². The van der Waals surface area contributed by atoms with Gasteiger partial charge in [0, 0.05) is 56.0 Å². The molecule has 1 saturated carbocycles. The predicted octanol–water partition coefficient (Wildman–Crippen LogP) is 2.97. The molecule has 2 aliphatic rings. The molecule has 0 spiro atoms. The fourth-order valence-electron chi connectivity index (χ4n) is 3.65. The maximum Gasteiger partial charge on any atom is 0.263 e. The van der Waals surface area contributed by atoms with E-state index in [1.807, 2.05) is 0 Å². The van der Waals surface area contributed by atoms with Crippen molar-refractivity contribution in [1.82, 2.24) is 24.8 Å². The monoisotopic (exact) mass is 459 g/mol. The number of hydrogen-bond donors (Lipinski definition) is 2. The predicted molar refractivity (Wildman–Crippen MR) is 129 cm³/mol. The van der Waals surface area contributed by atoms with E-state index in [1.165, 1.54) is 23.2 Å². The Hall–Kier alpha value is -3.33. The van der Waals surface area contributed by atoms with Gasteiger partial charge in [-0.25, -0.2) is 9.97 Å². The first-order valence-corrected chi connectivity index (χ1v) is 10.3. The van der Waals surface area contributed by atoms with Gasteiger partial charge in [-0.05, 0) is 44.2 Å². The number of aromatic nitrogens is 4. The van der Waals surface area contributed by atoms with E-state index in [2.05, 4.69) is 25.6 Å². The lowest BCUT2D eigenvalue weighted by atomic mass is 10.0. The van der Waals surface area contributed by atoms with Crippen molar-refractivity contribution >= 4 is 34.3 Å². The van der Waals surface area contributed by atoms with E-state index in [-0.39, 0.29) is 35.9 Å². The number of pyridine rings is 2. The van der Waals surface area contributed by atoms with E-state index in [0.717, 1.165) is 13.1 Å².